The number of rotatable bonds is 7. The first kappa shape index (κ1) is 19.1. The molecule has 0 spiro atoms. The van der Waals surface area contributed by atoms with Gasteiger partial charge in [-0.3, -0.25) is 4.79 Å². The third-order valence-corrected chi connectivity index (χ3v) is 5.13. The summed E-state index contributed by atoms with van der Waals surface area (Å²) in [6, 6.07) is 18.0. The number of fused-ring (bicyclic) bond motifs is 1. The molecule has 2 N–H and O–H groups in total. The fourth-order valence-corrected chi connectivity index (χ4v) is 3.67. The summed E-state index contributed by atoms with van der Waals surface area (Å²) in [4.78, 5) is 25.6. The van der Waals surface area contributed by atoms with Gasteiger partial charge in [0.05, 0.1) is 7.11 Å². The zero-order valence-electron chi connectivity index (χ0n) is 15.7. The maximum Gasteiger partial charge on any atom is 0.365 e. The lowest BCUT2D eigenvalue weighted by atomic mass is 9.94. The van der Waals surface area contributed by atoms with Gasteiger partial charge in [0, 0.05) is 18.5 Å². The Morgan fingerprint density at radius 2 is 1.78 bits per heavy atom. The van der Waals surface area contributed by atoms with Crippen LogP contribution in [-0.2, 0) is 33.7 Å². The minimum absolute atomic E-state index is 0.0219. The highest BCUT2D eigenvalue weighted by Gasteiger charge is 2.36. The van der Waals surface area contributed by atoms with Crippen LogP contribution in [0.25, 0.3) is 0 Å². The van der Waals surface area contributed by atoms with E-state index in [4.69, 9.17) is 4.74 Å². The predicted octanol–water partition coefficient (Wildman–Crippen LogP) is 0.918. The molecule has 2 aromatic rings. The Kier molecular flexibility index (Phi) is 6.60. The van der Waals surface area contributed by atoms with Crippen LogP contribution in [0.1, 0.15) is 23.1 Å². The summed E-state index contributed by atoms with van der Waals surface area (Å²) in [6.45, 7) is 1.58. The number of nitrogens with one attached hydrogen (secondary N) is 2. The first-order valence-corrected chi connectivity index (χ1v) is 9.47. The van der Waals surface area contributed by atoms with Crippen LogP contribution in [0.4, 0.5) is 0 Å². The summed E-state index contributed by atoms with van der Waals surface area (Å²) in [7, 11) is 1.41. The molecule has 1 aliphatic heterocycles. The molecule has 0 fully saturated rings. The molecule has 27 heavy (non-hydrogen) atoms. The smallest absolute Gasteiger partial charge is 0.365 e. The quantitative estimate of drug-likeness (QED) is 0.565. The average Bonchev–Trinajstić information content (AvgIpc) is 2.71. The summed E-state index contributed by atoms with van der Waals surface area (Å²) in [5.41, 5.74) is 3.64. The average molecular weight is 367 g/mol. The Labute approximate surface area is 160 Å². The maximum absolute atomic E-state index is 12.4. The van der Waals surface area contributed by atoms with E-state index >= 15 is 0 Å². The van der Waals surface area contributed by atoms with Crippen LogP contribution in [0.5, 0.6) is 0 Å². The van der Waals surface area contributed by atoms with Crippen LogP contribution >= 0.6 is 0 Å². The third-order valence-electron chi connectivity index (χ3n) is 5.13. The number of amides is 1. The first-order chi connectivity index (χ1) is 13.2. The zero-order chi connectivity index (χ0) is 19.1. The van der Waals surface area contributed by atoms with E-state index in [9.17, 15) is 9.59 Å². The minimum atomic E-state index is -0.333. The van der Waals surface area contributed by atoms with Gasteiger partial charge in [-0.2, -0.15) is 0 Å². The molecule has 0 bridgehead atoms. The van der Waals surface area contributed by atoms with E-state index in [1.54, 1.807) is 0 Å². The second-order valence-corrected chi connectivity index (χ2v) is 7.00. The van der Waals surface area contributed by atoms with E-state index in [1.807, 2.05) is 36.4 Å². The van der Waals surface area contributed by atoms with E-state index < -0.39 is 0 Å². The van der Waals surface area contributed by atoms with Gasteiger partial charge in [-0.25, -0.2) is 4.79 Å². The summed E-state index contributed by atoms with van der Waals surface area (Å²) in [6.07, 6.45) is 2.45. The second-order valence-electron chi connectivity index (χ2n) is 7.00. The number of esters is 1. The summed E-state index contributed by atoms with van der Waals surface area (Å²) < 4.78 is 4.97. The number of quaternary nitrogens is 1. The highest BCUT2D eigenvalue weighted by atomic mass is 16.5. The summed E-state index contributed by atoms with van der Waals surface area (Å²) in [5, 5.41) is 2.99. The Morgan fingerprint density at radius 1 is 1.07 bits per heavy atom. The molecule has 5 nitrogen and oxygen atoms in total. The molecule has 5 heteroatoms. The maximum atomic E-state index is 12.4. The van der Waals surface area contributed by atoms with Gasteiger partial charge >= 0.3 is 5.97 Å². The van der Waals surface area contributed by atoms with Gasteiger partial charge in [0.15, 0.2) is 12.6 Å². The number of methoxy groups -OCH3 is 1. The van der Waals surface area contributed by atoms with E-state index in [1.165, 1.54) is 23.8 Å². The normalized spacial score (nSPS) is 18.4. The SMILES string of the molecule is COC(=O)[C@H]1Cc2ccccc2C[NH+]1CC(=O)NCCCc1ccccc1. The van der Waals surface area contributed by atoms with Gasteiger partial charge in [0.2, 0.25) is 0 Å². The number of carbonyl (C=O) groups is 2. The lowest BCUT2D eigenvalue weighted by molar-refractivity contribution is -0.924. The largest absolute Gasteiger partial charge is 0.465 e. The van der Waals surface area contributed by atoms with Crippen molar-refractivity contribution in [2.45, 2.75) is 31.8 Å². The molecule has 1 unspecified atom stereocenters. The number of aryl methyl sites for hydroxylation is 1. The molecular weight excluding hydrogens is 340 g/mol. The number of carbonyl (C=O) groups excluding carboxylic acids is 2. The number of ether oxygens (including phenoxy) is 1. The van der Waals surface area contributed by atoms with Crippen molar-refractivity contribution in [2.75, 3.05) is 20.2 Å². The Hall–Kier alpha value is -2.66. The highest BCUT2D eigenvalue weighted by Crippen LogP contribution is 2.14. The summed E-state index contributed by atoms with van der Waals surface area (Å²) in [5.74, 6) is -0.275. The lowest BCUT2D eigenvalue weighted by Crippen LogP contribution is -3.17. The van der Waals surface area contributed by atoms with Gasteiger partial charge in [-0.1, -0.05) is 54.6 Å². The molecule has 1 heterocycles. The van der Waals surface area contributed by atoms with Crippen LogP contribution in [0, 0.1) is 0 Å². The van der Waals surface area contributed by atoms with E-state index in [0.29, 0.717) is 19.5 Å². The third kappa shape index (κ3) is 5.17. The van der Waals surface area contributed by atoms with Crippen molar-refractivity contribution in [3.8, 4) is 0 Å². The van der Waals surface area contributed by atoms with Gasteiger partial charge in [0.25, 0.3) is 5.91 Å². The fraction of sp³-hybridized carbons (Fsp3) is 0.364. The second kappa shape index (κ2) is 9.33. The van der Waals surface area contributed by atoms with Crippen molar-refractivity contribution in [2.24, 2.45) is 0 Å². The first-order valence-electron chi connectivity index (χ1n) is 9.47. The van der Waals surface area contributed by atoms with Crippen molar-refractivity contribution in [1.82, 2.24) is 5.32 Å². The number of benzene rings is 2. The molecule has 2 aromatic carbocycles. The molecule has 0 radical (unpaired) electrons. The predicted molar refractivity (Wildman–Crippen MR) is 103 cm³/mol. The van der Waals surface area contributed by atoms with Gasteiger partial charge < -0.3 is 15.0 Å². The molecule has 0 saturated heterocycles. The van der Waals surface area contributed by atoms with Gasteiger partial charge in [0.1, 0.15) is 6.54 Å². The monoisotopic (exact) mass is 367 g/mol. The van der Waals surface area contributed by atoms with Crippen molar-refractivity contribution in [3.05, 3.63) is 71.3 Å². The molecule has 0 aromatic heterocycles. The minimum Gasteiger partial charge on any atom is -0.465 e. The van der Waals surface area contributed by atoms with Crippen LogP contribution in [0.2, 0.25) is 0 Å². The van der Waals surface area contributed by atoms with E-state index in [2.05, 4.69) is 23.5 Å². The molecule has 0 aliphatic carbocycles. The molecule has 3 rings (SSSR count). The topological polar surface area (TPSA) is 59.8 Å². The number of hydrogen-bond acceptors (Lipinski definition) is 3. The summed E-state index contributed by atoms with van der Waals surface area (Å²) >= 11 is 0. The number of hydrogen-bond donors (Lipinski definition) is 2. The molecule has 1 amide bonds. The van der Waals surface area contributed by atoms with E-state index in [0.717, 1.165) is 17.7 Å². The highest BCUT2D eigenvalue weighted by molar-refractivity contribution is 5.78. The Balaban J connectivity index is 1.52. The molecule has 142 valence electrons. The molecule has 1 aliphatic rings. The van der Waals surface area contributed by atoms with Crippen LogP contribution in [0.3, 0.4) is 0 Å². The van der Waals surface area contributed by atoms with Crippen molar-refractivity contribution >= 4 is 11.9 Å². The fourth-order valence-electron chi connectivity index (χ4n) is 3.67. The molecular formula is C22H27N2O3+. The standard InChI is InChI=1S/C22H26N2O3/c1-27-22(26)20-14-18-11-5-6-12-19(18)15-24(20)16-21(25)23-13-7-10-17-8-3-2-4-9-17/h2-6,8-9,11-12,20H,7,10,13-16H2,1H3,(H,23,25)/p+1/t20-/m1/s1. The van der Waals surface area contributed by atoms with Crippen molar-refractivity contribution in [3.63, 3.8) is 0 Å². The van der Waals surface area contributed by atoms with Gasteiger partial charge in [-0.15, -0.1) is 0 Å². The van der Waals surface area contributed by atoms with Crippen molar-refractivity contribution < 1.29 is 19.2 Å². The van der Waals surface area contributed by atoms with Gasteiger partial charge in [-0.05, 0) is 24.0 Å². The Bertz CT molecular complexity index is 776. The molecule has 2 atom stereocenters. The van der Waals surface area contributed by atoms with Crippen molar-refractivity contribution in [1.29, 1.82) is 0 Å². The zero-order valence-corrected chi connectivity index (χ0v) is 15.7. The van der Waals surface area contributed by atoms with E-state index in [-0.39, 0.29) is 24.5 Å². The Morgan fingerprint density at radius 3 is 2.52 bits per heavy atom. The van der Waals surface area contributed by atoms with Crippen LogP contribution < -0.4 is 10.2 Å². The molecule has 0 saturated carbocycles. The lowest BCUT2D eigenvalue weighted by Gasteiger charge is -2.31. The van der Waals surface area contributed by atoms with Crippen LogP contribution in [-0.4, -0.2) is 38.1 Å². The van der Waals surface area contributed by atoms with Crippen LogP contribution in [0.15, 0.2) is 54.6 Å².